The van der Waals surface area contributed by atoms with Gasteiger partial charge in [0.05, 0.1) is 38.9 Å². The van der Waals surface area contributed by atoms with E-state index in [0.29, 0.717) is 60.1 Å². The highest BCUT2D eigenvalue weighted by Crippen LogP contribution is 2.48. The number of hydrogen-bond acceptors (Lipinski definition) is 7. The minimum absolute atomic E-state index is 0.00324. The third kappa shape index (κ3) is 5.42. The van der Waals surface area contributed by atoms with Crippen molar-refractivity contribution in [2.75, 3.05) is 27.4 Å². The number of ether oxygens (including phenoxy) is 4. The van der Waals surface area contributed by atoms with Crippen LogP contribution in [0.5, 0.6) is 17.2 Å². The summed E-state index contributed by atoms with van der Waals surface area (Å²) in [5.41, 5.74) is 4.37. The molecule has 2 atom stereocenters. The first-order chi connectivity index (χ1) is 18.3. The molecule has 2 aromatic carbocycles. The Kier molecular flexibility index (Phi) is 8.45. The van der Waals surface area contributed by atoms with E-state index in [0.717, 1.165) is 16.8 Å². The Bertz CT molecular complexity index is 1270. The van der Waals surface area contributed by atoms with Crippen LogP contribution in [0.1, 0.15) is 63.5 Å². The van der Waals surface area contributed by atoms with Gasteiger partial charge in [-0.1, -0.05) is 38.1 Å². The van der Waals surface area contributed by atoms with Crippen molar-refractivity contribution in [2.45, 2.75) is 52.4 Å². The fourth-order valence-electron chi connectivity index (χ4n) is 5.29. The summed E-state index contributed by atoms with van der Waals surface area (Å²) in [6.45, 7) is 8.55. The average molecular weight is 520 g/mol. The second kappa shape index (κ2) is 11.8. The first-order valence-corrected chi connectivity index (χ1v) is 13.1. The van der Waals surface area contributed by atoms with E-state index in [2.05, 4.69) is 5.32 Å². The lowest BCUT2D eigenvalue weighted by atomic mass is 9.71. The molecule has 0 bridgehead atoms. The molecule has 2 aliphatic rings. The number of carbonyl (C=O) groups is 2. The predicted molar refractivity (Wildman–Crippen MR) is 146 cm³/mol. The summed E-state index contributed by atoms with van der Waals surface area (Å²) in [6.07, 6.45) is 0.937. The van der Waals surface area contributed by atoms with Crippen LogP contribution in [0.4, 0.5) is 0 Å². The Labute approximate surface area is 224 Å². The fourth-order valence-corrected chi connectivity index (χ4v) is 5.29. The number of rotatable bonds is 9. The Morgan fingerprint density at radius 1 is 1.03 bits per heavy atom. The quantitative estimate of drug-likeness (QED) is 0.428. The van der Waals surface area contributed by atoms with Gasteiger partial charge in [0.25, 0.3) is 0 Å². The van der Waals surface area contributed by atoms with Crippen molar-refractivity contribution in [3.8, 4) is 17.2 Å². The molecule has 0 fully saturated rings. The number of methoxy groups -OCH3 is 2. The molecular formula is C31H37NO6. The first-order valence-electron chi connectivity index (χ1n) is 13.1. The molecule has 1 aliphatic carbocycles. The minimum Gasteiger partial charge on any atom is -0.494 e. The maximum Gasteiger partial charge on any atom is 0.336 e. The number of esters is 1. The Morgan fingerprint density at radius 2 is 1.76 bits per heavy atom. The van der Waals surface area contributed by atoms with Crippen LogP contribution in [0, 0.1) is 5.92 Å². The van der Waals surface area contributed by atoms with Gasteiger partial charge in [-0.25, -0.2) is 4.79 Å². The number of carbonyl (C=O) groups excluding carboxylic acids is 2. The van der Waals surface area contributed by atoms with Crippen LogP contribution in [-0.4, -0.2) is 39.2 Å². The van der Waals surface area contributed by atoms with Crippen molar-refractivity contribution in [1.29, 1.82) is 0 Å². The number of Topliss-reactive ketones (excluding diaryl/α,β-unsaturated/α-hetero) is 1. The van der Waals surface area contributed by atoms with E-state index in [1.807, 2.05) is 70.2 Å². The SMILES string of the molecule is CCOc1ccccc1[C@@H]1C(C(=O)OCC(C)C)=C(C)NC2=C1C(=O)C[C@@H](c1ccc(OC)c(OC)c1)C2. The monoisotopic (exact) mass is 519 g/mol. The van der Waals surface area contributed by atoms with Crippen molar-refractivity contribution in [3.63, 3.8) is 0 Å². The van der Waals surface area contributed by atoms with Crippen molar-refractivity contribution in [1.82, 2.24) is 5.32 Å². The highest BCUT2D eigenvalue weighted by molar-refractivity contribution is 6.04. The van der Waals surface area contributed by atoms with Gasteiger partial charge in [0.15, 0.2) is 17.3 Å². The lowest BCUT2D eigenvalue weighted by molar-refractivity contribution is -0.140. The van der Waals surface area contributed by atoms with Crippen LogP contribution >= 0.6 is 0 Å². The van der Waals surface area contributed by atoms with Gasteiger partial charge in [0, 0.05) is 29.0 Å². The van der Waals surface area contributed by atoms with E-state index in [9.17, 15) is 9.59 Å². The van der Waals surface area contributed by atoms with Crippen LogP contribution in [0.25, 0.3) is 0 Å². The van der Waals surface area contributed by atoms with Crippen LogP contribution in [0.15, 0.2) is 65.0 Å². The van der Waals surface area contributed by atoms with Gasteiger partial charge in [-0.15, -0.1) is 0 Å². The molecular weight excluding hydrogens is 482 g/mol. The Balaban J connectivity index is 1.79. The zero-order valence-corrected chi connectivity index (χ0v) is 23.1. The number of para-hydroxylation sites is 1. The zero-order chi connectivity index (χ0) is 27.4. The predicted octanol–water partition coefficient (Wildman–Crippen LogP) is 5.66. The second-order valence-electron chi connectivity index (χ2n) is 10.1. The third-order valence-electron chi connectivity index (χ3n) is 7.00. The minimum atomic E-state index is -0.576. The largest absolute Gasteiger partial charge is 0.494 e. The molecule has 0 unspecified atom stereocenters. The van der Waals surface area contributed by atoms with Gasteiger partial charge in [-0.3, -0.25) is 4.79 Å². The molecule has 0 saturated carbocycles. The fraction of sp³-hybridized carbons (Fsp3) is 0.419. The molecule has 38 heavy (non-hydrogen) atoms. The number of dihydropyridines is 1. The van der Waals surface area contributed by atoms with Crippen molar-refractivity contribution in [3.05, 3.63) is 76.1 Å². The molecule has 7 nitrogen and oxygen atoms in total. The number of hydrogen-bond donors (Lipinski definition) is 1. The van der Waals surface area contributed by atoms with Gasteiger partial charge in [-0.05, 0) is 55.9 Å². The summed E-state index contributed by atoms with van der Waals surface area (Å²) in [5, 5.41) is 3.41. The summed E-state index contributed by atoms with van der Waals surface area (Å²) in [7, 11) is 3.20. The lowest BCUT2D eigenvalue weighted by Gasteiger charge is -2.37. The number of ketones is 1. The lowest BCUT2D eigenvalue weighted by Crippen LogP contribution is -2.36. The summed E-state index contributed by atoms with van der Waals surface area (Å²) in [6, 6.07) is 13.4. The maximum absolute atomic E-state index is 13.9. The molecule has 0 spiro atoms. The van der Waals surface area contributed by atoms with Crippen LogP contribution in [0.3, 0.4) is 0 Å². The first kappa shape index (κ1) is 27.3. The average Bonchev–Trinajstić information content (AvgIpc) is 2.91. The van der Waals surface area contributed by atoms with Crippen molar-refractivity contribution in [2.24, 2.45) is 5.92 Å². The van der Waals surface area contributed by atoms with E-state index in [-0.39, 0.29) is 17.6 Å². The highest BCUT2D eigenvalue weighted by atomic mass is 16.5. The molecule has 1 aliphatic heterocycles. The molecule has 1 N–H and O–H groups in total. The summed E-state index contributed by atoms with van der Waals surface area (Å²) < 4.78 is 22.5. The molecule has 7 heteroatoms. The normalized spacial score (nSPS) is 19.2. The molecule has 0 saturated heterocycles. The third-order valence-corrected chi connectivity index (χ3v) is 7.00. The zero-order valence-electron chi connectivity index (χ0n) is 23.1. The van der Waals surface area contributed by atoms with Crippen LogP contribution in [-0.2, 0) is 14.3 Å². The standard InChI is InChI=1S/C31H37NO6/c1-7-37-25-11-9-8-10-22(25)29-28(31(34)38-17-18(2)3)19(4)32-23-14-21(15-24(33)30(23)29)20-12-13-26(35-5)27(16-20)36-6/h8-13,16,18,21,29,32H,7,14-15,17H2,1-6H3/t21-,29+/m0/s1. The van der Waals surface area contributed by atoms with Gasteiger partial charge in [-0.2, -0.15) is 0 Å². The van der Waals surface area contributed by atoms with Gasteiger partial charge in [0.2, 0.25) is 0 Å². The number of benzene rings is 2. The van der Waals surface area contributed by atoms with E-state index >= 15 is 0 Å². The smallest absolute Gasteiger partial charge is 0.336 e. The van der Waals surface area contributed by atoms with Gasteiger partial charge in [0.1, 0.15) is 5.75 Å². The topological polar surface area (TPSA) is 83.1 Å². The van der Waals surface area contributed by atoms with E-state index in [1.165, 1.54) is 0 Å². The Morgan fingerprint density at radius 3 is 2.45 bits per heavy atom. The Hall–Kier alpha value is -3.74. The second-order valence-corrected chi connectivity index (χ2v) is 10.1. The van der Waals surface area contributed by atoms with Gasteiger partial charge < -0.3 is 24.3 Å². The molecule has 1 heterocycles. The maximum atomic E-state index is 13.9. The molecule has 0 radical (unpaired) electrons. The summed E-state index contributed by atoms with van der Waals surface area (Å²) >= 11 is 0. The molecule has 0 aromatic heterocycles. The molecule has 2 aromatic rings. The van der Waals surface area contributed by atoms with Crippen LogP contribution in [0.2, 0.25) is 0 Å². The van der Waals surface area contributed by atoms with Crippen LogP contribution < -0.4 is 19.5 Å². The van der Waals surface area contributed by atoms with E-state index in [4.69, 9.17) is 18.9 Å². The number of allylic oxidation sites excluding steroid dienone is 3. The van der Waals surface area contributed by atoms with E-state index in [1.54, 1.807) is 14.2 Å². The molecule has 4 rings (SSSR count). The van der Waals surface area contributed by atoms with Crippen molar-refractivity contribution >= 4 is 11.8 Å². The summed E-state index contributed by atoms with van der Waals surface area (Å²) in [4.78, 5) is 27.4. The van der Waals surface area contributed by atoms with Gasteiger partial charge >= 0.3 is 5.97 Å². The molecule has 202 valence electrons. The highest BCUT2D eigenvalue weighted by Gasteiger charge is 2.42. The summed E-state index contributed by atoms with van der Waals surface area (Å²) in [5.74, 6) is 1.09. The van der Waals surface area contributed by atoms with Crippen molar-refractivity contribution < 1.29 is 28.5 Å². The molecule has 0 amide bonds. The number of nitrogens with one attached hydrogen (secondary N) is 1. The van der Waals surface area contributed by atoms with E-state index < -0.39 is 11.9 Å².